The van der Waals surface area contributed by atoms with Crippen LogP contribution in [0.4, 0.5) is 13.2 Å². The predicted octanol–water partition coefficient (Wildman–Crippen LogP) is 6.46. The molecule has 0 aliphatic heterocycles. The van der Waals surface area contributed by atoms with Crippen LogP contribution in [-0.2, 0) is 16.7 Å². The summed E-state index contributed by atoms with van der Waals surface area (Å²) < 4.78 is 70.7. The zero-order valence-electron chi connectivity index (χ0n) is 19.9. The fourth-order valence-electron chi connectivity index (χ4n) is 2.98. The third-order valence-electron chi connectivity index (χ3n) is 4.67. The second kappa shape index (κ2) is 14.0. The number of nitrogens with one attached hydrogen (secondary N) is 1. The van der Waals surface area contributed by atoms with Crippen LogP contribution in [0.1, 0.15) is 24.5 Å². The van der Waals surface area contributed by atoms with Crippen molar-refractivity contribution < 1.29 is 36.1 Å². The molecule has 37 heavy (non-hydrogen) atoms. The van der Waals surface area contributed by atoms with E-state index < -0.39 is 22.0 Å². The summed E-state index contributed by atoms with van der Waals surface area (Å²) in [6.07, 6.45) is -2.29. The molecule has 1 aromatic heterocycles. The van der Waals surface area contributed by atoms with Crippen molar-refractivity contribution in [1.82, 2.24) is 4.98 Å². The molecule has 3 N–H and O–H groups in total. The molecule has 4 aromatic rings. The predicted molar refractivity (Wildman–Crippen MR) is 137 cm³/mol. The van der Waals surface area contributed by atoms with Gasteiger partial charge in [-0.3, -0.25) is 4.55 Å². The number of halogens is 3. The first-order valence-electron chi connectivity index (χ1n) is 11.1. The third kappa shape index (κ3) is 10.8. The molecule has 0 unspecified atom stereocenters. The average molecular weight is 537 g/mol. The molecule has 0 atom stereocenters. The molecule has 0 spiro atoms. The number of nitrogens with zero attached hydrogens (tertiary/aromatic N) is 1. The third-order valence-corrected chi connectivity index (χ3v) is 5.59. The van der Waals surface area contributed by atoms with Crippen molar-refractivity contribution in [2.45, 2.75) is 26.1 Å². The molecule has 0 aliphatic carbocycles. The van der Waals surface area contributed by atoms with Crippen molar-refractivity contribution in [1.29, 1.82) is 0 Å². The largest absolute Gasteiger partial charge is 0.489 e. The highest BCUT2D eigenvalue weighted by Gasteiger charge is 2.37. The maximum absolute atomic E-state index is 12.6. The molecule has 198 valence electrons. The van der Waals surface area contributed by atoms with Crippen LogP contribution in [0.5, 0.6) is 5.75 Å². The van der Waals surface area contributed by atoms with Crippen molar-refractivity contribution in [3.05, 3.63) is 102 Å². The molecule has 0 aliphatic rings. The van der Waals surface area contributed by atoms with Crippen molar-refractivity contribution in [2.24, 2.45) is 5.16 Å². The van der Waals surface area contributed by atoms with Gasteiger partial charge < -0.3 is 14.9 Å². The Morgan fingerprint density at radius 1 is 0.946 bits per heavy atom. The van der Waals surface area contributed by atoms with E-state index in [4.69, 9.17) is 14.5 Å². The molecular formula is C26H27F3N2O5S. The minimum absolute atomic E-state index is 0.132. The molecule has 0 saturated carbocycles. The van der Waals surface area contributed by atoms with Gasteiger partial charge >= 0.3 is 6.18 Å². The number of H-pyrrole nitrogens is 1. The van der Waals surface area contributed by atoms with E-state index in [1.54, 1.807) is 6.92 Å². The van der Waals surface area contributed by atoms with Gasteiger partial charge in [-0.25, -0.2) is 0 Å². The molecule has 11 heteroatoms. The van der Waals surface area contributed by atoms with Crippen molar-refractivity contribution in [2.75, 3.05) is 5.75 Å². The van der Waals surface area contributed by atoms with E-state index in [9.17, 15) is 21.6 Å². The van der Waals surface area contributed by atoms with E-state index in [0.717, 1.165) is 5.56 Å². The quantitative estimate of drug-likeness (QED) is 0.113. The molecule has 0 amide bonds. The first-order chi connectivity index (χ1) is 17.5. The average Bonchev–Trinajstić information content (AvgIpc) is 3.33. The summed E-state index contributed by atoms with van der Waals surface area (Å²) in [5, 5.41) is 12.1. The number of alkyl halides is 3. The van der Waals surface area contributed by atoms with Crippen LogP contribution in [0.2, 0.25) is 0 Å². The molecule has 3 aromatic carbocycles. The highest BCUT2D eigenvalue weighted by molar-refractivity contribution is 7.85. The summed E-state index contributed by atoms with van der Waals surface area (Å²) in [6.45, 7) is 2.01. The zero-order valence-corrected chi connectivity index (χ0v) is 20.7. The summed E-state index contributed by atoms with van der Waals surface area (Å²) in [5.74, 6) is 0.301. The van der Waals surface area contributed by atoms with Gasteiger partial charge in [-0.15, -0.1) is 0 Å². The van der Waals surface area contributed by atoms with Crippen molar-refractivity contribution >= 4 is 26.7 Å². The Morgan fingerprint density at radius 3 is 2.08 bits per heavy atom. The second-order valence-corrected chi connectivity index (χ2v) is 9.17. The zero-order chi connectivity index (χ0) is 27.3. The van der Waals surface area contributed by atoms with Crippen molar-refractivity contribution in [3.8, 4) is 5.75 Å². The Morgan fingerprint density at radius 2 is 1.57 bits per heavy atom. The lowest BCUT2D eigenvalue weighted by Crippen LogP contribution is -2.23. The van der Waals surface area contributed by atoms with E-state index in [0.29, 0.717) is 18.8 Å². The minimum Gasteiger partial charge on any atom is -0.489 e. The summed E-state index contributed by atoms with van der Waals surface area (Å²) in [4.78, 5) is 3.12. The van der Waals surface area contributed by atoms with Crippen molar-refractivity contribution in [3.63, 3.8) is 0 Å². The van der Waals surface area contributed by atoms with Gasteiger partial charge in [-0.2, -0.15) is 21.6 Å². The molecular weight excluding hydrogens is 509 g/mol. The Balaban J connectivity index is 0.000000245. The van der Waals surface area contributed by atoms with Gasteiger partial charge in [0.25, 0.3) is 10.1 Å². The normalized spacial score (nSPS) is 11.6. The Bertz CT molecular complexity index is 1320. The Hall–Kier alpha value is -3.83. The van der Waals surface area contributed by atoms with Gasteiger partial charge in [-0.05, 0) is 53.8 Å². The van der Waals surface area contributed by atoms with Gasteiger partial charge in [0.2, 0.25) is 0 Å². The SMILES string of the molecule is CCCS(=O)(=O)O.ON=C(c1ccc(OCc2ccccc2)cc1)C(F)(F)F.c1ccc2[nH]ccc2c1. The highest BCUT2D eigenvalue weighted by Crippen LogP contribution is 2.24. The van der Waals surface area contributed by atoms with Gasteiger partial charge in [-0.1, -0.05) is 60.6 Å². The molecule has 7 nitrogen and oxygen atoms in total. The highest BCUT2D eigenvalue weighted by atomic mass is 32.2. The first kappa shape index (κ1) is 29.4. The van der Waals surface area contributed by atoms with Crippen LogP contribution in [0.15, 0.2) is 96.3 Å². The lowest BCUT2D eigenvalue weighted by molar-refractivity contribution is -0.0601. The van der Waals surface area contributed by atoms with Gasteiger partial charge in [0.1, 0.15) is 12.4 Å². The van der Waals surface area contributed by atoms with Gasteiger partial charge in [0.05, 0.1) is 5.75 Å². The number of aromatic nitrogens is 1. The van der Waals surface area contributed by atoms with Crippen LogP contribution in [0.3, 0.4) is 0 Å². The molecule has 4 rings (SSSR count). The summed E-state index contributed by atoms with van der Waals surface area (Å²) in [5.41, 5.74) is 0.598. The van der Waals surface area contributed by atoms with E-state index in [1.165, 1.54) is 35.2 Å². The molecule has 0 radical (unpaired) electrons. The number of para-hydroxylation sites is 1. The van der Waals surface area contributed by atoms with Gasteiger partial charge in [0, 0.05) is 17.3 Å². The summed E-state index contributed by atoms with van der Waals surface area (Å²) in [6, 6.07) is 24.9. The van der Waals surface area contributed by atoms with Gasteiger partial charge in [0.15, 0.2) is 5.71 Å². The maximum atomic E-state index is 12.6. The minimum atomic E-state index is -4.71. The van der Waals surface area contributed by atoms with Crippen LogP contribution >= 0.6 is 0 Å². The molecule has 1 heterocycles. The fraction of sp³-hybridized carbons (Fsp3) is 0.192. The molecule has 0 bridgehead atoms. The topological polar surface area (TPSA) is 112 Å². The summed E-state index contributed by atoms with van der Waals surface area (Å²) >= 11 is 0. The first-order valence-corrected chi connectivity index (χ1v) is 12.7. The number of hydrogen-bond acceptors (Lipinski definition) is 5. The van der Waals surface area contributed by atoms with E-state index >= 15 is 0 Å². The number of rotatable bonds is 6. The number of oxime groups is 1. The Labute approximate surface area is 213 Å². The van der Waals surface area contributed by atoms with E-state index in [1.807, 2.05) is 48.7 Å². The fourth-order valence-corrected chi connectivity index (χ4v) is 3.50. The molecule has 0 saturated heterocycles. The van der Waals surface area contributed by atoms with Crippen LogP contribution in [0, 0.1) is 0 Å². The summed E-state index contributed by atoms with van der Waals surface area (Å²) in [7, 11) is -3.67. The number of hydrogen-bond donors (Lipinski definition) is 3. The number of benzene rings is 3. The standard InChI is InChI=1S/C15H12F3NO2.C8H7N.C3H8O3S/c16-15(17,18)14(19-20)12-6-8-13(9-7-12)21-10-11-4-2-1-3-5-11;1-2-4-8-7(3-1)5-6-9-8;1-2-3-7(4,5)6/h1-9,20H,10H2;1-6,9H;2-3H2,1H3,(H,4,5,6). The molecule has 0 fully saturated rings. The van der Waals surface area contributed by atoms with E-state index in [2.05, 4.69) is 28.3 Å². The Kier molecular flexibility index (Phi) is 11.2. The van der Waals surface area contributed by atoms with Crippen LogP contribution in [-0.4, -0.2) is 40.8 Å². The number of ether oxygens (including phenoxy) is 1. The maximum Gasteiger partial charge on any atom is 0.437 e. The second-order valence-electron chi connectivity index (χ2n) is 7.60. The van der Waals surface area contributed by atoms with E-state index in [-0.39, 0.29) is 11.3 Å². The number of fused-ring (bicyclic) bond motifs is 1. The lowest BCUT2D eigenvalue weighted by Gasteiger charge is -2.10. The lowest BCUT2D eigenvalue weighted by atomic mass is 10.1. The number of aromatic amines is 1. The smallest absolute Gasteiger partial charge is 0.437 e. The van der Waals surface area contributed by atoms with Crippen LogP contribution < -0.4 is 4.74 Å². The van der Waals surface area contributed by atoms with Crippen LogP contribution in [0.25, 0.3) is 10.9 Å². The monoisotopic (exact) mass is 536 g/mol.